The summed E-state index contributed by atoms with van der Waals surface area (Å²) in [7, 11) is 0. The molecule has 0 unspecified atom stereocenters. The molecular weight excluding hydrogens is 270 g/mol. The van der Waals surface area contributed by atoms with Gasteiger partial charge in [0.2, 0.25) is 5.13 Å². The SMILES string of the molecule is CCCOc1ccc2nc(-n3nc(C)cc3C)sc2c1. The molecule has 5 heteroatoms. The summed E-state index contributed by atoms with van der Waals surface area (Å²) < 4.78 is 8.68. The minimum absolute atomic E-state index is 0.745. The zero-order chi connectivity index (χ0) is 14.1. The first-order valence-corrected chi connectivity index (χ1v) is 7.56. The van der Waals surface area contributed by atoms with Crippen LogP contribution in [0.2, 0.25) is 0 Å². The molecule has 20 heavy (non-hydrogen) atoms. The Morgan fingerprint density at radius 2 is 2.10 bits per heavy atom. The van der Waals surface area contributed by atoms with Crippen LogP contribution in [0.5, 0.6) is 5.75 Å². The number of aryl methyl sites for hydroxylation is 2. The highest BCUT2D eigenvalue weighted by Gasteiger charge is 2.10. The normalized spacial score (nSPS) is 11.2. The van der Waals surface area contributed by atoms with Crippen molar-refractivity contribution in [3.63, 3.8) is 0 Å². The topological polar surface area (TPSA) is 39.9 Å². The lowest BCUT2D eigenvalue weighted by molar-refractivity contribution is 0.318. The van der Waals surface area contributed by atoms with Crippen LogP contribution in [-0.2, 0) is 0 Å². The Morgan fingerprint density at radius 3 is 2.80 bits per heavy atom. The highest BCUT2D eigenvalue weighted by atomic mass is 32.1. The molecule has 2 heterocycles. The van der Waals surface area contributed by atoms with Crippen molar-refractivity contribution < 1.29 is 4.74 Å². The first kappa shape index (κ1) is 13.1. The van der Waals surface area contributed by atoms with Gasteiger partial charge < -0.3 is 4.74 Å². The molecule has 4 nitrogen and oxygen atoms in total. The van der Waals surface area contributed by atoms with Gasteiger partial charge in [-0.3, -0.25) is 0 Å². The predicted octanol–water partition coefficient (Wildman–Crippen LogP) is 3.89. The summed E-state index contributed by atoms with van der Waals surface area (Å²) in [5.41, 5.74) is 3.10. The van der Waals surface area contributed by atoms with Crippen molar-refractivity contribution in [1.82, 2.24) is 14.8 Å². The number of aromatic nitrogens is 3. The second kappa shape index (κ2) is 5.25. The van der Waals surface area contributed by atoms with Gasteiger partial charge in [-0.2, -0.15) is 5.10 Å². The molecule has 0 saturated carbocycles. The molecule has 3 rings (SSSR count). The van der Waals surface area contributed by atoms with Crippen molar-refractivity contribution in [3.05, 3.63) is 35.7 Å². The van der Waals surface area contributed by atoms with E-state index in [9.17, 15) is 0 Å². The summed E-state index contributed by atoms with van der Waals surface area (Å²) in [6.45, 7) is 6.89. The minimum atomic E-state index is 0.745. The van der Waals surface area contributed by atoms with Crippen LogP contribution in [0.4, 0.5) is 0 Å². The Labute approximate surface area is 122 Å². The Morgan fingerprint density at radius 1 is 1.25 bits per heavy atom. The van der Waals surface area contributed by atoms with Gasteiger partial charge in [0.25, 0.3) is 0 Å². The van der Waals surface area contributed by atoms with E-state index in [4.69, 9.17) is 4.74 Å². The standard InChI is InChI=1S/C15H17N3OS/c1-4-7-19-12-5-6-13-14(9-12)20-15(16-13)18-11(3)8-10(2)17-18/h5-6,8-9H,4,7H2,1-3H3. The third kappa shape index (κ3) is 2.41. The van der Waals surface area contributed by atoms with Crippen molar-refractivity contribution in [2.75, 3.05) is 6.61 Å². The minimum Gasteiger partial charge on any atom is -0.494 e. The summed E-state index contributed by atoms with van der Waals surface area (Å²) in [6.07, 6.45) is 1.01. The maximum atomic E-state index is 5.66. The molecule has 3 aromatic rings. The molecule has 0 amide bonds. The van der Waals surface area contributed by atoms with E-state index in [1.165, 1.54) is 0 Å². The lowest BCUT2D eigenvalue weighted by Gasteiger charge is -2.02. The van der Waals surface area contributed by atoms with Gasteiger partial charge in [0.1, 0.15) is 5.75 Å². The molecule has 2 aromatic heterocycles. The molecular formula is C15H17N3OS. The molecule has 0 aliphatic carbocycles. The predicted molar refractivity (Wildman–Crippen MR) is 82.0 cm³/mol. The van der Waals surface area contributed by atoms with Gasteiger partial charge in [0.05, 0.1) is 22.5 Å². The Kier molecular flexibility index (Phi) is 3.44. The average molecular weight is 287 g/mol. The van der Waals surface area contributed by atoms with Crippen LogP contribution in [0, 0.1) is 13.8 Å². The van der Waals surface area contributed by atoms with Gasteiger partial charge in [-0.05, 0) is 44.5 Å². The molecule has 0 spiro atoms. The van der Waals surface area contributed by atoms with Crippen LogP contribution in [0.25, 0.3) is 15.3 Å². The highest BCUT2D eigenvalue weighted by Crippen LogP contribution is 2.29. The van der Waals surface area contributed by atoms with E-state index in [0.29, 0.717) is 0 Å². The van der Waals surface area contributed by atoms with Crippen LogP contribution in [-0.4, -0.2) is 21.4 Å². The number of nitrogens with zero attached hydrogens (tertiary/aromatic N) is 3. The Hall–Kier alpha value is -1.88. The molecule has 104 valence electrons. The molecule has 0 fully saturated rings. The fourth-order valence-electron chi connectivity index (χ4n) is 2.12. The molecule has 0 atom stereocenters. The van der Waals surface area contributed by atoms with Crippen LogP contribution in [0.15, 0.2) is 24.3 Å². The smallest absolute Gasteiger partial charge is 0.211 e. The summed E-state index contributed by atoms with van der Waals surface area (Å²) in [5, 5.41) is 5.38. The third-order valence-corrected chi connectivity index (χ3v) is 4.01. The summed E-state index contributed by atoms with van der Waals surface area (Å²) in [5.74, 6) is 0.905. The number of benzene rings is 1. The van der Waals surface area contributed by atoms with E-state index in [-0.39, 0.29) is 0 Å². The number of hydrogen-bond acceptors (Lipinski definition) is 4. The highest BCUT2D eigenvalue weighted by molar-refractivity contribution is 7.20. The van der Waals surface area contributed by atoms with Gasteiger partial charge in [-0.25, -0.2) is 9.67 Å². The van der Waals surface area contributed by atoms with Gasteiger partial charge in [-0.1, -0.05) is 18.3 Å². The molecule has 0 radical (unpaired) electrons. The van der Waals surface area contributed by atoms with Gasteiger partial charge in [-0.15, -0.1) is 0 Å². The number of rotatable bonds is 4. The van der Waals surface area contributed by atoms with E-state index in [2.05, 4.69) is 29.1 Å². The van der Waals surface area contributed by atoms with Gasteiger partial charge in [0.15, 0.2) is 0 Å². The zero-order valence-corrected chi connectivity index (χ0v) is 12.7. The molecule has 0 N–H and O–H groups in total. The third-order valence-electron chi connectivity index (χ3n) is 3.01. The van der Waals surface area contributed by atoms with E-state index in [1.807, 2.05) is 30.7 Å². The van der Waals surface area contributed by atoms with E-state index < -0.39 is 0 Å². The number of thiazole rings is 1. The maximum absolute atomic E-state index is 5.66. The summed E-state index contributed by atoms with van der Waals surface area (Å²) in [6, 6.07) is 8.09. The van der Waals surface area contributed by atoms with Gasteiger partial charge in [0, 0.05) is 5.69 Å². The van der Waals surface area contributed by atoms with Crippen molar-refractivity contribution in [2.45, 2.75) is 27.2 Å². The number of fused-ring (bicyclic) bond motifs is 1. The van der Waals surface area contributed by atoms with E-state index in [0.717, 1.165) is 45.5 Å². The van der Waals surface area contributed by atoms with Crippen LogP contribution in [0.1, 0.15) is 24.7 Å². The van der Waals surface area contributed by atoms with Crippen molar-refractivity contribution in [2.24, 2.45) is 0 Å². The average Bonchev–Trinajstić information content (AvgIpc) is 2.98. The molecule has 0 bridgehead atoms. The quantitative estimate of drug-likeness (QED) is 0.731. The van der Waals surface area contributed by atoms with Crippen LogP contribution < -0.4 is 4.74 Å². The monoisotopic (exact) mass is 287 g/mol. The second-order valence-electron chi connectivity index (χ2n) is 4.81. The van der Waals surface area contributed by atoms with Crippen molar-refractivity contribution in [3.8, 4) is 10.9 Å². The fraction of sp³-hybridized carbons (Fsp3) is 0.333. The zero-order valence-electron chi connectivity index (χ0n) is 11.9. The Balaban J connectivity index is 2.00. The van der Waals surface area contributed by atoms with Crippen molar-refractivity contribution in [1.29, 1.82) is 0 Å². The first-order valence-electron chi connectivity index (χ1n) is 6.74. The van der Waals surface area contributed by atoms with E-state index in [1.54, 1.807) is 11.3 Å². The molecule has 0 aliphatic rings. The van der Waals surface area contributed by atoms with E-state index >= 15 is 0 Å². The summed E-state index contributed by atoms with van der Waals surface area (Å²) in [4.78, 5) is 4.64. The van der Waals surface area contributed by atoms with Gasteiger partial charge >= 0.3 is 0 Å². The number of ether oxygens (including phenoxy) is 1. The van der Waals surface area contributed by atoms with Crippen LogP contribution in [0.3, 0.4) is 0 Å². The molecule has 0 aliphatic heterocycles. The fourth-order valence-corrected chi connectivity index (χ4v) is 3.12. The second-order valence-corrected chi connectivity index (χ2v) is 5.82. The van der Waals surface area contributed by atoms with Crippen LogP contribution >= 0.6 is 11.3 Å². The Bertz CT molecular complexity index is 745. The summed E-state index contributed by atoms with van der Waals surface area (Å²) >= 11 is 1.63. The number of hydrogen-bond donors (Lipinski definition) is 0. The largest absolute Gasteiger partial charge is 0.494 e. The lowest BCUT2D eigenvalue weighted by atomic mass is 10.3. The molecule has 0 saturated heterocycles. The lowest BCUT2D eigenvalue weighted by Crippen LogP contribution is -1.97. The molecule has 1 aromatic carbocycles. The van der Waals surface area contributed by atoms with Crippen molar-refractivity contribution >= 4 is 21.6 Å². The maximum Gasteiger partial charge on any atom is 0.211 e. The first-order chi connectivity index (χ1) is 9.67.